The van der Waals surface area contributed by atoms with Gasteiger partial charge >= 0.3 is 0 Å². The number of rotatable bonds is 2. The summed E-state index contributed by atoms with van der Waals surface area (Å²) in [4.78, 5) is 10.2. The van der Waals surface area contributed by atoms with E-state index in [-0.39, 0.29) is 32.1 Å². The third-order valence-corrected chi connectivity index (χ3v) is 2.47. The predicted octanol–water partition coefficient (Wildman–Crippen LogP) is 1.48. The number of halogens is 2. The molecule has 2 N–H and O–H groups in total. The quantitative estimate of drug-likeness (QED) is 0.649. The molecule has 0 amide bonds. The van der Waals surface area contributed by atoms with Crippen molar-refractivity contribution in [3.05, 3.63) is 0 Å². The normalized spacial score (nSPS) is 26.6. The molecular formula is C8H13F2NO. The van der Waals surface area contributed by atoms with Gasteiger partial charge in [0.2, 0.25) is 5.92 Å². The zero-order chi connectivity index (χ0) is 9.24. The van der Waals surface area contributed by atoms with E-state index in [1.165, 1.54) is 0 Å². The van der Waals surface area contributed by atoms with Crippen molar-refractivity contribution < 1.29 is 13.6 Å². The summed E-state index contributed by atoms with van der Waals surface area (Å²) in [5, 5.41) is 0. The van der Waals surface area contributed by atoms with Gasteiger partial charge in [0.05, 0.1) is 0 Å². The predicted molar refractivity (Wildman–Crippen MR) is 41.0 cm³/mol. The van der Waals surface area contributed by atoms with Crippen molar-refractivity contribution in [2.24, 2.45) is 5.73 Å². The topological polar surface area (TPSA) is 43.1 Å². The van der Waals surface area contributed by atoms with Gasteiger partial charge in [0.25, 0.3) is 0 Å². The molecule has 0 aromatic heterocycles. The maximum atomic E-state index is 12.6. The van der Waals surface area contributed by atoms with E-state index in [1.54, 1.807) is 0 Å². The highest BCUT2D eigenvalue weighted by atomic mass is 19.3. The molecule has 0 heterocycles. The van der Waals surface area contributed by atoms with Crippen molar-refractivity contribution >= 4 is 6.29 Å². The number of aldehydes is 1. The monoisotopic (exact) mass is 177 g/mol. The van der Waals surface area contributed by atoms with E-state index in [0.29, 0.717) is 6.29 Å². The van der Waals surface area contributed by atoms with Gasteiger partial charge in [-0.3, -0.25) is 0 Å². The fraction of sp³-hybridized carbons (Fsp3) is 0.875. The third-order valence-electron chi connectivity index (χ3n) is 2.47. The van der Waals surface area contributed by atoms with E-state index in [2.05, 4.69) is 0 Å². The van der Waals surface area contributed by atoms with Gasteiger partial charge in [-0.1, -0.05) is 0 Å². The van der Waals surface area contributed by atoms with Crippen molar-refractivity contribution in [1.82, 2.24) is 0 Å². The minimum Gasteiger partial charge on any atom is -0.325 e. The van der Waals surface area contributed by atoms with Crippen molar-refractivity contribution in [3.63, 3.8) is 0 Å². The minimum absolute atomic E-state index is 0.183. The SMILES string of the molecule is NC1(CC=O)CCC(F)(F)CC1. The Morgan fingerprint density at radius 3 is 2.17 bits per heavy atom. The molecule has 1 saturated carbocycles. The number of carbonyl (C=O) groups is 1. The highest BCUT2D eigenvalue weighted by Crippen LogP contribution is 2.38. The summed E-state index contributed by atoms with van der Waals surface area (Å²) in [6.45, 7) is 0. The van der Waals surface area contributed by atoms with Crippen molar-refractivity contribution in [2.45, 2.75) is 43.6 Å². The Balaban J connectivity index is 2.49. The molecule has 0 bridgehead atoms. The number of alkyl halides is 2. The Morgan fingerprint density at radius 2 is 1.75 bits per heavy atom. The highest BCUT2D eigenvalue weighted by Gasteiger charge is 2.40. The highest BCUT2D eigenvalue weighted by molar-refractivity contribution is 5.51. The van der Waals surface area contributed by atoms with Crippen LogP contribution in [-0.2, 0) is 4.79 Å². The van der Waals surface area contributed by atoms with Crippen LogP contribution in [0.5, 0.6) is 0 Å². The lowest BCUT2D eigenvalue weighted by Crippen LogP contribution is -2.46. The lowest BCUT2D eigenvalue weighted by Gasteiger charge is -2.35. The molecule has 0 unspecified atom stereocenters. The molecule has 0 radical (unpaired) electrons. The van der Waals surface area contributed by atoms with E-state index in [4.69, 9.17) is 5.73 Å². The maximum absolute atomic E-state index is 12.6. The van der Waals surface area contributed by atoms with Crippen LogP contribution < -0.4 is 5.73 Å². The van der Waals surface area contributed by atoms with E-state index < -0.39 is 11.5 Å². The second-order valence-electron chi connectivity index (χ2n) is 3.59. The first-order valence-corrected chi connectivity index (χ1v) is 4.08. The molecule has 70 valence electrons. The molecule has 1 rings (SSSR count). The second kappa shape index (κ2) is 3.09. The average molecular weight is 177 g/mol. The Bertz CT molecular complexity index is 172. The van der Waals surface area contributed by atoms with Gasteiger partial charge in [0, 0.05) is 24.8 Å². The molecule has 0 aromatic carbocycles. The summed E-state index contributed by atoms with van der Waals surface area (Å²) in [7, 11) is 0. The van der Waals surface area contributed by atoms with E-state index in [9.17, 15) is 13.6 Å². The fourth-order valence-corrected chi connectivity index (χ4v) is 1.48. The summed E-state index contributed by atoms with van der Waals surface area (Å²) >= 11 is 0. The van der Waals surface area contributed by atoms with Crippen LogP contribution in [0, 0.1) is 0 Å². The molecule has 1 aliphatic rings. The second-order valence-corrected chi connectivity index (χ2v) is 3.59. The zero-order valence-corrected chi connectivity index (χ0v) is 6.85. The van der Waals surface area contributed by atoms with Crippen LogP contribution in [0.3, 0.4) is 0 Å². The molecule has 4 heteroatoms. The number of carbonyl (C=O) groups excluding carboxylic acids is 1. The van der Waals surface area contributed by atoms with Crippen molar-refractivity contribution in [2.75, 3.05) is 0 Å². The molecule has 1 aliphatic carbocycles. The van der Waals surface area contributed by atoms with Gasteiger partial charge in [0.1, 0.15) is 6.29 Å². The van der Waals surface area contributed by atoms with Crippen LogP contribution >= 0.6 is 0 Å². The van der Waals surface area contributed by atoms with Crippen LogP contribution in [0.4, 0.5) is 8.78 Å². The van der Waals surface area contributed by atoms with E-state index >= 15 is 0 Å². The standard InChI is InChI=1S/C8H13F2NO/c9-8(10)3-1-7(11,2-4-8)5-6-12/h6H,1-5,11H2. The van der Waals surface area contributed by atoms with Gasteiger partial charge in [0.15, 0.2) is 0 Å². The van der Waals surface area contributed by atoms with E-state index in [1.807, 2.05) is 0 Å². The molecule has 0 aromatic rings. The Kier molecular flexibility index (Phi) is 2.46. The summed E-state index contributed by atoms with van der Waals surface area (Å²) < 4.78 is 25.3. The summed E-state index contributed by atoms with van der Waals surface area (Å²) in [6, 6.07) is 0. The smallest absolute Gasteiger partial charge is 0.248 e. The number of hydrogen-bond acceptors (Lipinski definition) is 2. The summed E-state index contributed by atoms with van der Waals surface area (Å²) in [5.74, 6) is -2.56. The Hall–Kier alpha value is -0.510. The van der Waals surface area contributed by atoms with Crippen molar-refractivity contribution in [1.29, 1.82) is 0 Å². The van der Waals surface area contributed by atoms with Gasteiger partial charge in [-0.2, -0.15) is 0 Å². The molecule has 1 fully saturated rings. The number of hydrogen-bond donors (Lipinski definition) is 1. The minimum atomic E-state index is -2.56. The largest absolute Gasteiger partial charge is 0.325 e. The van der Waals surface area contributed by atoms with Gasteiger partial charge in [-0.25, -0.2) is 8.78 Å². The van der Waals surface area contributed by atoms with Crippen LogP contribution in [0.1, 0.15) is 32.1 Å². The first-order valence-electron chi connectivity index (χ1n) is 4.08. The Morgan fingerprint density at radius 1 is 1.25 bits per heavy atom. The van der Waals surface area contributed by atoms with Gasteiger partial charge in [-0.05, 0) is 12.8 Å². The third kappa shape index (κ3) is 2.24. The first kappa shape index (κ1) is 9.58. The number of nitrogens with two attached hydrogens (primary N) is 1. The molecule has 2 nitrogen and oxygen atoms in total. The molecular weight excluding hydrogens is 164 g/mol. The van der Waals surface area contributed by atoms with Crippen LogP contribution in [-0.4, -0.2) is 17.7 Å². The zero-order valence-electron chi connectivity index (χ0n) is 6.85. The van der Waals surface area contributed by atoms with Crippen LogP contribution in [0.15, 0.2) is 0 Å². The van der Waals surface area contributed by atoms with Crippen LogP contribution in [0.25, 0.3) is 0 Å². The molecule has 12 heavy (non-hydrogen) atoms. The Labute approximate surface area is 70.1 Å². The molecule has 0 saturated heterocycles. The molecule has 0 atom stereocenters. The maximum Gasteiger partial charge on any atom is 0.248 e. The molecule has 0 spiro atoms. The first-order chi connectivity index (χ1) is 5.47. The van der Waals surface area contributed by atoms with E-state index in [0.717, 1.165) is 0 Å². The summed E-state index contributed by atoms with van der Waals surface area (Å²) in [5.41, 5.74) is 5.06. The lowest BCUT2D eigenvalue weighted by molar-refractivity contribution is -0.110. The fourth-order valence-electron chi connectivity index (χ4n) is 1.48. The lowest BCUT2D eigenvalue weighted by atomic mass is 9.79. The van der Waals surface area contributed by atoms with Gasteiger partial charge in [-0.15, -0.1) is 0 Å². The van der Waals surface area contributed by atoms with Crippen LogP contribution in [0.2, 0.25) is 0 Å². The average Bonchev–Trinajstić information content (AvgIpc) is 1.98. The molecule has 0 aliphatic heterocycles. The summed E-state index contributed by atoms with van der Waals surface area (Å²) in [6.07, 6.45) is 1.04. The van der Waals surface area contributed by atoms with Crippen molar-refractivity contribution in [3.8, 4) is 0 Å². The van der Waals surface area contributed by atoms with Gasteiger partial charge < -0.3 is 10.5 Å².